The van der Waals surface area contributed by atoms with Crippen molar-refractivity contribution in [3.63, 3.8) is 0 Å². The quantitative estimate of drug-likeness (QED) is 0.817. The van der Waals surface area contributed by atoms with Crippen LogP contribution in [0.25, 0.3) is 5.70 Å². The predicted octanol–water partition coefficient (Wildman–Crippen LogP) is 4.07. The summed E-state index contributed by atoms with van der Waals surface area (Å²) in [6, 6.07) is 14.4. The molecule has 2 aromatic rings. The third kappa shape index (κ3) is 4.76. The van der Waals surface area contributed by atoms with Crippen LogP contribution in [-0.2, 0) is 11.3 Å². The van der Waals surface area contributed by atoms with E-state index in [9.17, 15) is 13.2 Å². The van der Waals surface area contributed by atoms with Gasteiger partial charge in [-0.25, -0.2) is 5.43 Å². The van der Waals surface area contributed by atoms with Crippen molar-refractivity contribution in [3.05, 3.63) is 70.8 Å². The summed E-state index contributed by atoms with van der Waals surface area (Å²) in [7, 11) is 0. The summed E-state index contributed by atoms with van der Waals surface area (Å²) in [5.41, 5.74) is 12.2. The van der Waals surface area contributed by atoms with Crippen LogP contribution in [0.1, 0.15) is 11.1 Å². The molecule has 3 N–H and O–H groups in total. The van der Waals surface area contributed by atoms with Gasteiger partial charge in [-0.05, 0) is 47.5 Å². The Labute approximate surface area is 154 Å². The topological polar surface area (TPSA) is 50.5 Å². The molecular formula is C18H17ClF3N3O. The van der Waals surface area contributed by atoms with Crippen LogP contribution in [0, 0.1) is 0 Å². The first-order valence-corrected chi connectivity index (χ1v) is 8.23. The van der Waals surface area contributed by atoms with E-state index in [2.05, 4.69) is 5.43 Å². The molecule has 0 amide bonds. The SMILES string of the molecule is NC1C=C(c2cccc(COCC(F)(F)F)c2)N(c2ccc(Cl)cc2)N1. The molecule has 0 saturated carbocycles. The second-order valence-electron chi connectivity index (χ2n) is 5.83. The number of anilines is 1. The molecule has 0 bridgehead atoms. The van der Waals surface area contributed by atoms with Crippen molar-refractivity contribution in [2.45, 2.75) is 18.9 Å². The fourth-order valence-electron chi connectivity index (χ4n) is 2.63. The second-order valence-corrected chi connectivity index (χ2v) is 6.26. The van der Waals surface area contributed by atoms with Gasteiger partial charge in [0.25, 0.3) is 0 Å². The van der Waals surface area contributed by atoms with Crippen molar-refractivity contribution in [2.75, 3.05) is 11.6 Å². The van der Waals surface area contributed by atoms with Crippen LogP contribution in [0.3, 0.4) is 0 Å². The van der Waals surface area contributed by atoms with Crippen molar-refractivity contribution in [2.24, 2.45) is 5.73 Å². The minimum atomic E-state index is -4.34. The van der Waals surface area contributed by atoms with Crippen LogP contribution < -0.4 is 16.2 Å². The third-order valence-electron chi connectivity index (χ3n) is 3.70. The maximum Gasteiger partial charge on any atom is 0.411 e. The van der Waals surface area contributed by atoms with E-state index in [0.717, 1.165) is 16.9 Å². The zero-order chi connectivity index (χ0) is 18.7. The van der Waals surface area contributed by atoms with Gasteiger partial charge in [-0.3, -0.25) is 5.01 Å². The molecule has 1 aliphatic heterocycles. The van der Waals surface area contributed by atoms with E-state index in [-0.39, 0.29) is 12.8 Å². The Balaban J connectivity index is 1.79. The first kappa shape index (κ1) is 18.7. The minimum Gasteiger partial charge on any atom is -0.367 e. The summed E-state index contributed by atoms with van der Waals surface area (Å²) in [5, 5.41) is 2.43. The summed E-state index contributed by atoms with van der Waals surface area (Å²) in [5.74, 6) is 0. The number of hydrogen-bond donors (Lipinski definition) is 2. The van der Waals surface area contributed by atoms with Gasteiger partial charge in [-0.2, -0.15) is 13.2 Å². The Morgan fingerprint density at radius 2 is 1.88 bits per heavy atom. The van der Waals surface area contributed by atoms with Gasteiger partial charge in [0.2, 0.25) is 0 Å². The Bertz CT molecular complexity index is 793. The largest absolute Gasteiger partial charge is 0.411 e. The minimum absolute atomic E-state index is 0.124. The number of hydrogen-bond acceptors (Lipinski definition) is 4. The third-order valence-corrected chi connectivity index (χ3v) is 3.95. The lowest BCUT2D eigenvalue weighted by molar-refractivity contribution is -0.176. The Morgan fingerprint density at radius 3 is 2.58 bits per heavy atom. The molecule has 4 nitrogen and oxygen atoms in total. The number of benzene rings is 2. The monoisotopic (exact) mass is 383 g/mol. The highest BCUT2D eigenvalue weighted by Gasteiger charge is 2.27. The molecule has 8 heteroatoms. The van der Waals surface area contributed by atoms with Crippen LogP contribution in [0.4, 0.5) is 18.9 Å². The van der Waals surface area contributed by atoms with Gasteiger partial charge in [0.15, 0.2) is 0 Å². The fraction of sp³-hybridized carbons (Fsp3) is 0.222. The summed E-state index contributed by atoms with van der Waals surface area (Å²) in [6.45, 7) is -1.40. The predicted molar refractivity (Wildman–Crippen MR) is 95.2 cm³/mol. The number of nitrogens with zero attached hydrogens (tertiary/aromatic N) is 1. The van der Waals surface area contributed by atoms with Crippen LogP contribution in [0.2, 0.25) is 5.02 Å². The first-order chi connectivity index (χ1) is 12.3. The highest BCUT2D eigenvalue weighted by Crippen LogP contribution is 2.29. The number of nitrogens with one attached hydrogen (secondary N) is 1. The van der Waals surface area contributed by atoms with Gasteiger partial charge >= 0.3 is 6.18 Å². The van der Waals surface area contributed by atoms with Crippen molar-refractivity contribution >= 4 is 23.0 Å². The maximum atomic E-state index is 12.2. The molecule has 1 heterocycles. The second kappa shape index (κ2) is 7.67. The van der Waals surface area contributed by atoms with Gasteiger partial charge in [0.05, 0.1) is 24.2 Å². The molecule has 2 aromatic carbocycles. The zero-order valence-electron chi connectivity index (χ0n) is 13.6. The molecule has 26 heavy (non-hydrogen) atoms. The zero-order valence-corrected chi connectivity index (χ0v) is 14.4. The summed E-state index contributed by atoms with van der Waals surface area (Å²) in [4.78, 5) is 0. The molecule has 1 aliphatic rings. The number of halogens is 4. The lowest BCUT2D eigenvalue weighted by Crippen LogP contribution is -2.41. The number of ether oxygens (including phenoxy) is 1. The lowest BCUT2D eigenvalue weighted by atomic mass is 10.1. The van der Waals surface area contributed by atoms with Crippen LogP contribution >= 0.6 is 11.6 Å². The lowest BCUT2D eigenvalue weighted by Gasteiger charge is -2.24. The van der Waals surface area contributed by atoms with Gasteiger partial charge in [-0.15, -0.1) is 0 Å². The smallest absolute Gasteiger partial charge is 0.367 e. The van der Waals surface area contributed by atoms with E-state index >= 15 is 0 Å². The first-order valence-electron chi connectivity index (χ1n) is 7.85. The van der Waals surface area contributed by atoms with E-state index in [1.54, 1.807) is 30.3 Å². The van der Waals surface area contributed by atoms with Crippen LogP contribution in [-0.4, -0.2) is 18.9 Å². The van der Waals surface area contributed by atoms with E-state index < -0.39 is 12.8 Å². The number of nitrogens with two attached hydrogens (primary N) is 1. The molecule has 0 spiro atoms. The molecule has 138 valence electrons. The average Bonchev–Trinajstić information content (AvgIpc) is 2.96. The summed E-state index contributed by atoms with van der Waals surface area (Å²) >= 11 is 5.93. The fourth-order valence-corrected chi connectivity index (χ4v) is 2.76. The molecule has 3 rings (SSSR count). The molecule has 0 aromatic heterocycles. The average molecular weight is 384 g/mol. The van der Waals surface area contributed by atoms with E-state index in [1.807, 2.05) is 29.3 Å². The van der Waals surface area contributed by atoms with Crippen LogP contribution in [0.5, 0.6) is 0 Å². The van der Waals surface area contributed by atoms with E-state index in [4.69, 9.17) is 22.1 Å². The molecule has 0 aliphatic carbocycles. The summed E-state index contributed by atoms with van der Waals surface area (Å²) < 4.78 is 41.4. The van der Waals surface area contributed by atoms with E-state index in [1.165, 1.54) is 0 Å². The normalized spacial score (nSPS) is 17.5. The van der Waals surface area contributed by atoms with Gasteiger partial charge < -0.3 is 10.5 Å². The van der Waals surface area contributed by atoms with Crippen molar-refractivity contribution in [1.82, 2.24) is 5.43 Å². The molecule has 0 saturated heterocycles. The Morgan fingerprint density at radius 1 is 1.15 bits per heavy atom. The number of alkyl halides is 3. The molecule has 0 radical (unpaired) electrons. The molecule has 1 atom stereocenters. The Hall–Kier alpha value is -2.06. The maximum absolute atomic E-state index is 12.2. The summed E-state index contributed by atoms with van der Waals surface area (Å²) in [6.07, 6.45) is -2.89. The number of rotatable bonds is 5. The molecule has 1 unspecified atom stereocenters. The van der Waals surface area contributed by atoms with Gasteiger partial charge in [0.1, 0.15) is 6.61 Å². The van der Waals surface area contributed by atoms with Crippen LogP contribution in [0.15, 0.2) is 54.6 Å². The highest BCUT2D eigenvalue weighted by molar-refractivity contribution is 6.30. The van der Waals surface area contributed by atoms with Crippen molar-refractivity contribution in [3.8, 4) is 0 Å². The van der Waals surface area contributed by atoms with E-state index in [0.29, 0.717) is 10.6 Å². The standard InChI is InChI=1S/C18H17ClF3N3O/c19-14-4-6-15(7-5-14)25-16(9-17(23)24-25)13-3-1-2-12(8-13)10-26-11-18(20,21)22/h1-9,17,24H,10-11,23H2. The molecular weight excluding hydrogens is 367 g/mol. The molecule has 0 fully saturated rings. The van der Waals surface area contributed by atoms with Gasteiger partial charge in [0, 0.05) is 5.02 Å². The van der Waals surface area contributed by atoms with Crippen molar-refractivity contribution in [1.29, 1.82) is 0 Å². The van der Waals surface area contributed by atoms with Crippen molar-refractivity contribution < 1.29 is 17.9 Å². The number of hydrazine groups is 1. The Kier molecular flexibility index (Phi) is 5.52. The van der Waals surface area contributed by atoms with Gasteiger partial charge in [-0.1, -0.05) is 29.8 Å². The highest BCUT2D eigenvalue weighted by atomic mass is 35.5.